The summed E-state index contributed by atoms with van der Waals surface area (Å²) in [6.45, 7) is 2.13. The molecule has 0 unspecified atom stereocenters. The van der Waals surface area contributed by atoms with Crippen molar-refractivity contribution < 1.29 is 14.7 Å². The van der Waals surface area contributed by atoms with Gasteiger partial charge in [-0.15, -0.1) is 0 Å². The van der Waals surface area contributed by atoms with Gasteiger partial charge < -0.3 is 15.3 Å². The summed E-state index contributed by atoms with van der Waals surface area (Å²) in [5.41, 5.74) is 0.576. The highest BCUT2D eigenvalue weighted by Crippen LogP contribution is 2.18. The fraction of sp³-hybridized carbons (Fsp3) is 0.250. The quantitative estimate of drug-likeness (QED) is 0.839. The number of rotatable bonds is 4. The smallest absolute Gasteiger partial charge is 0.313 e. The number of aliphatic hydroxyl groups excluding tert-OH is 1. The number of amides is 2. The Bertz CT molecular complexity index is 655. The molecular formula is C16H18N2O3. The van der Waals surface area contributed by atoms with E-state index in [2.05, 4.69) is 5.32 Å². The van der Waals surface area contributed by atoms with E-state index >= 15 is 0 Å². The van der Waals surface area contributed by atoms with Crippen LogP contribution >= 0.6 is 0 Å². The highest BCUT2D eigenvalue weighted by atomic mass is 16.3. The lowest BCUT2D eigenvalue weighted by Crippen LogP contribution is -2.41. The van der Waals surface area contributed by atoms with E-state index in [0.29, 0.717) is 12.2 Å². The predicted molar refractivity (Wildman–Crippen MR) is 81.9 cm³/mol. The molecule has 0 aliphatic heterocycles. The van der Waals surface area contributed by atoms with E-state index in [1.807, 2.05) is 36.4 Å². The molecule has 0 aliphatic carbocycles. The molecule has 0 radical (unpaired) electrons. The molecule has 2 amide bonds. The van der Waals surface area contributed by atoms with Crippen LogP contribution in [0.5, 0.6) is 0 Å². The summed E-state index contributed by atoms with van der Waals surface area (Å²) in [7, 11) is 0. The third-order valence-corrected chi connectivity index (χ3v) is 3.24. The topological polar surface area (TPSA) is 69.6 Å². The average Bonchev–Trinajstić information content (AvgIpc) is 2.51. The van der Waals surface area contributed by atoms with Crippen LogP contribution in [-0.4, -0.2) is 41.5 Å². The Morgan fingerprint density at radius 1 is 1.14 bits per heavy atom. The van der Waals surface area contributed by atoms with Gasteiger partial charge in [0.05, 0.1) is 6.61 Å². The molecule has 2 rings (SSSR count). The van der Waals surface area contributed by atoms with Gasteiger partial charge >= 0.3 is 11.8 Å². The van der Waals surface area contributed by atoms with Gasteiger partial charge in [-0.05, 0) is 29.8 Å². The third-order valence-electron chi connectivity index (χ3n) is 3.24. The summed E-state index contributed by atoms with van der Waals surface area (Å²) < 4.78 is 0. The molecule has 5 heteroatoms. The molecule has 0 fully saturated rings. The van der Waals surface area contributed by atoms with Crippen LogP contribution in [-0.2, 0) is 9.59 Å². The largest absolute Gasteiger partial charge is 0.395 e. The van der Waals surface area contributed by atoms with E-state index in [9.17, 15) is 9.59 Å². The second-order valence-electron chi connectivity index (χ2n) is 4.62. The second kappa shape index (κ2) is 6.85. The highest BCUT2D eigenvalue weighted by molar-refractivity contribution is 6.39. The fourth-order valence-electron chi connectivity index (χ4n) is 2.12. The number of benzene rings is 2. The maximum Gasteiger partial charge on any atom is 0.313 e. The molecule has 0 saturated carbocycles. The van der Waals surface area contributed by atoms with Gasteiger partial charge in [0.2, 0.25) is 0 Å². The molecule has 0 spiro atoms. The fourth-order valence-corrected chi connectivity index (χ4v) is 2.12. The first-order valence-corrected chi connectivity index (χ1v) is 6.85. The van der Waals surface area contributed by atoms with Crippen molar-refractivity contribution >= 4 is 28.3 Å². The van der Waals surface area contributed by atoms with Gasteiger partial charge in [0.1, 0.15) is 0 Å². The molecule has 110 valence electrons. The van der Waals surface area contributed by atoms with Gasteiger partial charge in [-0.25, -0.2) is 0 Å². The lowest BCUT2D eigenvalue weighted by atomic mass is 10.1. The first kappa shape index (κ1) is 15.0. The van der Waals surface area contributed by atoms with E-state index in [1.165, 1.54) is 4.90 Å². The van der Waals surface area contributed by atoms with Crippen LogP contribution in [0.2, 0.25) is 0 Å². The maximum atomic E-state index is 11.9. The Morgan fingerprint density at radius 2 is 1.86 bits per heavy atom. The molecule has 2 aromatic carbocycles. The van der Waals surface area contributed by atoms with Crippen molar-refractivity contribution in [1.29, 1.82) is 0 Å². The summed E-state index contributed by atoms with van der Waals surface area (Å²) in [6.07, 6.45) is 0. The Kier molecular flexibility index (Phi) is 4.90. The number of carbonyl (C=O) groups is 2. The number of aliphatic hydroxyl groups is 1. The predicted octanol–water partition coefficient (Wildman–Crippen LogP) is 1.62. The summed E-state index contributed by atoms with van der Waals surface area (Å²) in [4.78, 5) is 25.2. The van der Waals surface area contributed by atoms with Gasteiger partial charge in [-0.1, -0.05) is 30.3 Å². The third kappa shape index (κ3) is 3.58. The number of likely N-dealkylation sites (N-methyl/N-ethyl adjacent to an activating group) is 1. The SMILES string of the molecule is CCN(CCO)C(=O)C(=O)Nc1ccc2ccccc2c1. The number of carbonyl (C=O) groups excluding carboxylic acids is 2. The summed E-state index contributed by atoms with van der Waals surface area (Å²) >= 11 is 0. The summed E-state index contributed by atoms with van der Waals surface area (Å²) in [6, 6.07) is 13.2. The van der Waals surface area contributed by atoms with Crippen LogP contribution in [0.1, 0.15) is 6.92 Å². The number of nitrogens with one attached hydrogen (secondary N) is 1. The zero-order chi connectivity index (χ0) is 15.2. The lowest BCUT2D eigenvalue weighted by molar-refractivity contribution is -0.143. The zero-order valence-corrected chi connectivity index (χ0v) is 11.9. The minimum Gasteiger partial charge on any atom is -0.395 e. The van der Waals surface area contributed by atoms with Crippen molar-refractivity contribution in [2.24, 2.45) is 0 Å². The summed E-state index contributed by atoms with van der Waals surface area (Å²) in [5, 5.41) is 13.5. The van der Waals surface area contributed by atoms with Gasteiger partial charge in [0.15, 0.2) is 0 Å². The molecular weight excluding hydrogens is 268 g/mol. The molecule has 0 atom stereocenters. The van der Waals surface area contributed by atoms with E-state index in [1.54, 1.807) is 13.0 Å². The van der Waals surface area contributed by atoms with Crippen molar-refractivity contribution in [1.82, 2.24) is 4.90 Å². The van der Waals surface area contributed by atoms with Crippen LogP contribution in [0, 0.1) is 0 Å². The van der Waals surface area contributed by atoms with Crippen molar-refractivity contribution in [2.45, 2.75) is 6.92 Å². The first-order chi connectivity index (χ1) is 10.2. The average molecular weight is 286 g/mol. The minimum absolute atomic E-state index is 0.153. The molecule has 0 saturated heterocycles. The van der Waals surface area contributed by atoms with Crippen molar-refractivity contribution in [3.63, 3.8) is 0 Å². The molecule has 21 heavy (non-hydrogen) atoms. The summed E-state index contributed by atoms with van der Waals surface area (Å²) in [5.74, 6) is -1.33. The first-order valence-electron chi connectivity index (χ1n) is 6.85. The Labute approximate surface area is 123 Å². The zero-order valence-electron chi connectivity index (χ0n) is 11.9. The normalized spacial score (nSPS) is 10.4. The van der Waals surface area contributed by atoms with E-state index < -0.39 is 11.8 Å². The van der Waals surface area contributed by atoms with Crippen LogP contribution in [0.3, 0.4) is 0 Å². The number of fused-ring (bicyclic) bond motifs is 1. The molecule has 2 N–H and O–H groups in total. The van der Waals surface area contributed by atoms with E-state index in [4.69, 9.17) is 5.11 Å². The van der Waals surface area contributed by atoms with Crippen molar-refractivity contribution in [3.8, 4) is 0 Å². The standard InChI is InChI=1S/C16H18N2O3/c1-2-18(9-10-19)16(21)15(20)17-14-8-7-12-5-3-4-6-13(12)11-14/h3-8,11,19H,2,9-10H2,1H3,(H,17,20). The molecule has 0 aliphatic rings. The Morgan fingerprint density at radius 3 is 2.52 bits per heavy atom. The highest BCUT2D eigenvalue weighted by Gasteiger charge is 2.20. The number of hydrogen-bond acceptors (Lipinski definition) is 3. The van der Waals surface area contributed by atoms with Gasteiger partial charge in [-0.3, -0.25) is 9.59 Å². The van der Waals surface area contributed by atoms with Gasteiger partial charge in [0, 0.05) is 18.8 Å². The number of anilines is 1. The van der Waals surface area contributed by atoms with Gasteiger partial charge in [-0.2, -0.15) is 0 Å². The molecule has 0 heterocycles. The maximum absolute atomic E-state index is 11.9. The molecule has 0 bridgehead atoms. The minimum atomic E-state index is -0.694. The van der Waals surface area contributed by atoms with E-state index in [0.717, 1.165) is 10.8 Å². The van der Waals surface area contributed by atoms with Crippen LogP contribution in [0.4, 0.5) is 5.69 Å². The monoisotopic (exact) mass is 286 g/mol. The molecule has 0 aromatic heterocycles. The Hall–Kier alpha value is -2.40. The molecule has 5 nitrogen and oxygen atoms in total. The van der Waals surface area contributed by atoms with Crippen molar-refractivity contribution in [3.05, 3.63) is 42.5 Å². The second-order valence-corrected chi connectivity index (χ2v) is 4.62. The lowest BCUT2D eigenvalue weighted by Gasteiger charge is -2.18. The molecule has 2 aromatic rings. The van der Waals surface area contributed by atoms with Gasteiger partial charge in [0.25, 0.3) is 0 Å². The van der Waals surface area contributed by atoms with Crippen LogP contribution in [0.15, 0.2) is 42.5 Å². The van der Waals surface area contributed by atoms with Crippen LogP contribution < -0.4 is 5.32 Å². The van der Waals surface area contributed by atoms with Crippen LogP contribution in [0.25, 0.3) is 10.8 Å². The van der Waals surface area contributed by atoms with E-state index in [-0.39, 0.29) is 13.2 Å². The Balaban J connectivity index is 2.11. The number of nitrogens with zero attached hydrogens (tertiary/aromatic N) is 1. The van der Waals surface area contributed by atoms with Crippen molar-refractivity contribution in [2.75, 3.05) is 25.0 Å². The number of hydrogen-bond donors (Lipinski definition) is 2.